The van der Waals surface area contributed by atoms with Gasteiger partial charge in [0.15, 0.2) is 0 Å². The Balaban J connectivity index is 2.59. The molecule has 1 aromatic rings. The van der Waals surface area contributed by atoms with E-state index in [0.29, 0.717) is 11.6 Å². The molecule has 0 saturated carbocycles. The number of hydrogen-bond donors (Lipinski definition) is 1. The Hall–Kier alpha value is -1.35. The van der Waals surface area contributed by atoms with Crippen LogP contribution in [0.2, 0.25) is 0 Å². The molecule has 19 heavy (non-hydrogen) atoms. The summed E-state index contributed by atoms with van der Waals surface area (Å²) < 4.78 is 0. The lowest BCUT2D eigenvalue weighted by atomic mass is 10.0. The van der Waals surface area contributed by atoms with Crippen molar-refractivity contribution in [3.05, 3.63) is 35.4 Å². The van der Waals surface area contributed by atoms with Crippen LogP contribution in [0.4, 0.5) is 0 Å². The maximum atomic E-state index is 10.8. The second kappa shape index (κ2) is 7.95. The Morgan fingerprint density at radius 1 is 1.26 bits per heavy atom. The fraction of sp³-hybridized carbons (Fsp3) is 0.562. The highest BCUT2D eigenvalue weighted by molar-refractivity contribution is 5.87. The van der Waals surface area contributed by atoms with Crippen LogP contribution in [0, 0.1) is 0 Å². The lowest BCUT2D eigenvalue weighted by Gasteiger charge is -2.27. The Kier molecular flexibility index (Phi) is 6.57. The van der Waals surface area contributed by atoms with Crippen molar-refractivity contribution in [2.24, 2.45) is 0 Å². The van der Waals surface area contributed by atoms with Crippen LogP contribution in [0.25, 0.3) is 0 Å². The monoisotopic (exact) mass is 263 g/mol. The van der Waals surface area contributed by atoms with Crippen LogP contribution in [0.3, 0.4) is 0 Å². The molecule has 1 N–H and O–H groups in total. The van der Waals surface area contributed by atoms with E-state index in [1.165, 1.54) is 24.8 Å². The molecule has 0 bridgehead atoms. The van der Waals surface area contributed by atoms with Gasteiger partial charge in [-0.25, -0.2) is 4.79 Å². The third kappa shape index (κ3) is 5.03. The highest BCUT2D eigenvalue weighted by atomic mass is 16.4. The summed E-state index contributed by atoms with van der Waals surface area (Å²) >= 11 is 0. The zero-order valence-corrected chi connectivity index (χ0v) is 12.2. The quantitative estimate of drug-likeness (QED) is 0.776. The van der Waals surface area contributed by atoms with E-state index in [1.54, 1.807) is 12.1 Å². The molecule has 0 heterocycles. The van der Waals surface area contributed by atoms with Gasteiger partial charge in [-0.05, 0) is 37.6 Å². The second-order valence-corrected chi connectivity index (χ2v) is 5.12. The largest absolute Gasteiger partial charge is 0.478 e. The number of unbranched alkanes of at least 4 members (excludes halogenated alkanes) is 1. The SMILES string of the molecule is CCCCC(CC)N(C)Cc1ccc(C(=O)O)cc1. The number of hydrogen-bond acceptors (Lipinski definition) is 2. The van der Waals surface area contributed by atoms with Crippen LogP contribution in [-0.2, 0) is 6.54 Å². The number of aromatic carboxylic acids is 1. The standard InChI is InChI=1S/C16H25NO2/c1-4-6-7-15(5-2)17(3)12-13-8-10-14(11-9-13)16(18)19/h8-11,15H,4-7,12H2,1-3H3,(H,18,19). The van der Waals surface area contributed by atoms with Crippen LogP contribution in [-0.4, -0.2) is 29.1 Å². The lowest BCUT2D eigenvalue weighted by Crippen LogP contribution is -2.30. The summed E-state index contributed by atoms with van der Waals surface area (Å²) in [6, 6.07) is 7.79. The zero-order valence-electron chi connectivity index (χ0n) is 12.2. The fourth-order valence-corrected chi connectivity index (χ4v) is 2.35. The summed E-state index contributed by atoms with van der Waals surface area (Å²) in [5.74, 6) is -0.866. The molecule has 0 aliphatic carbocycles. The summed E-state index contributed by atoms with van der Waals surface area (Å²) in [6.07, 6.45) is 4.89. The van der Waals surface area contributed by atoms with Gasteiger partial charge in [-0.2, -0.15) is 0 Å². The van der Waals surface area contributed by atoms with Gasteiger partial charge in [0.05, 0.1) is 5.56 Å². The summed E-state index contributed by atoms with van der Waals surface area (Å²) in [5.41, 5.74) is 1.52. The summed E-state index contributed by atoms with van der Waals surface area (Å²) in [6.45, 7) is 5.32. The lowest BCUT2D eigenvalue weighted by molar-refractivity contribution is 0.0697. The predicted molar refractivity (Wildman–Crippen MR) is 78.5 cm³/mol. The summed E-state index contributed by atoms with van der Waals surface area (Å²) in [5, 5.41) is 8.87. The van der Waals surface area contributed by atoms with Crippen molar-refractivity contribution < 1.29 is 9.90 Å². The van der Waals surface area contributed by atoms with Gasteiger partial charge in [0.2, 0.25) is 0 Å². The van der Waals surface area contributed by atoms with Gasteiger partial charge in [-0.1, -0.05) is 38.8 Å². The van der Waals surface area contributed by atoms with Crippen LogP contribution in [0.1, 0.15) is 55.5 Å². The van der Waals surface area contributed by atoms with Crippen molar-refractivity contribution in [2.45, 2.75) is 52.1 Å². The molecule has 0 aromatic heterocycles. The first-order valence-corrected chi connectivity index (χ1v) is 7.11. The van der Waals surface area contributed by atoms with E-state index in [0.717, 1.165) is 13.0 Å². The van der Waals surface area contributed by atoms with Crippen LogP contribution < -0.4 is 0 Å². The van der Waals surface area contributed by atoms with E-state index in [-0.39, 0.29) is 0 Å². The fourth-order valence-electron chi connectivity index (χ4n) is 2.35. The zero-order chi connectivity index (χ0) is 14.3. The van der Waals surface area contributed by atoms with Gasteiger partial charge < -0.3 is 5.11 Å². The molecule has 0 saturated heterocycles. The molecule has 0 amide bonds. The molecule has 106 valence electrons. The van der Waals surface area contributed by atoms with Crippen molar-refractivity contribution in [1.29, 1.82) is 0 Å². The molecule has 3 nitrogen and oxygen atoms in total. The van der Waals surface area contributed by atoms with Crippen LogP contribution in [0.5, 0.6) is 0 Å². The molecular weight excluding hydrogens is 238 g/mol. The van der Waals surface area contributed by atoms with Gasteiger partial charge in [0.25, 0.3) is 0 Å². The van der Waals surface area contributed by atoms with Crippen LogP contribution >= 0.6 is 0 Å². The number of carboxylic acids is 1. The molecule has 1 unspecified atom stereocenters. The minimum Gasteiger partial charge on any atom is -0.478 e. The topological polar surface area (TPSA) is 40.5 Å². The van der Waals surface area contributed by atoms with Gasteiger partial charge in [-0.3, -0.25) is 4.90 Å². The molecule has 0 aliphatic rings. The summed E-state index contributed by atoms with van der Waals surface area (Å²) in [4.78, 5) is 13.2. The number of rotatable bonds is 8. The van der Waals surface area contributed by atoms with Gasteiger partial charge >= 0.3 is 5.97 Å². The molecule has 3 heteroatoms. The number of nitrogens with zero attached hydrogens (tertiary/aromatic N) is 1. The number of carboxylic acid groups (broad SMARTS) is 1. The molecular formula is C16H25NO2. The van der Waals surface area contributed by atoms with E-state index in [4.69, 9.17) is 5.11 Å². The average molecular weight is 263 g/mol. The number of benzene rings is 1. The van der Waals surface area contributed by atoms with Crippen molar-refractivity contribution in [3.63, 3.8) is 0 Å². The first-order chi connectivity index (χ1) is 9.08. The van der Waals surface area contributed by atoms with E-state index < -0.39 is 5.97 Å². The van der Waals surface area contributed by atoms with Crippen molar-refractivity contribution in [2.75, 3.05) is 7.05 Å². The van der Waals surface area contributed by atoms with E-state index >= 15 is 0 Å². The molecule has 1 aromatic carbocycles. The average Bonchev–Trinajstić information content (AvgIpc) is 2.40. The Morgan fingerprint density at radius 3 is 2.37 bits per heavy atom. The smallest absolute Gasteiger partial charge is 0.335 e. The Bertz CT molecular complexity index is 386. The van der Waals surface area contributed by atoms with Crippen molar-refractivity contribution in [1.82, 2.24) is 4.90 Å². The normalized spacial score (nSPS) is 12.6. The van der Waals surface area contributed by atoms with Gasteiger partial charge in [-0.15, -0.1) is 0 Å². The third-order valence-electron chi connectivity index (χ3n) is 3.62. The summed E-state index contributed by atoms with van der Waals surface area (Å²) in [7, 11) is 2.15. The minimum absolute atomic E-state index is 0.351. The van der Waals surface area contributed by atoms with Gasteiger partial charge in [0.1, 0.15) is 0 Å². The minimum atomic E-state index is -0.866. The molecule has 1 rings (SSSR count). The van der Waals surface area contributed by atoms with Crippen molar-refractivity contribution >= 4 is 5.97 Å². The number of carbonyl (C=O) groups is 1. The Morgan fingerprint density at radius 2 is 1.89 bits per heavy atom. The second-order valence-electron chi connectivity index (χ2n) is 5.12. The van der Waals surface area contributed by atoms with Crippen LogP contribution in [0.15, 0.2) is 24.3 Å². The Labute approximate surface area is 116 Å². The third-order valence-corrected chi connectivity index (χ3v) is 3.62. The molecule has 0 spiro atoms. The highest BCUT2D eigenvalue weighted by Crippen LogP contribution is 2.14. The molecule has 0 radical (unpaired) electrons. The molecule has 0 fully saturated rings. The highest BCUT2D eigenvalue weighted by Gasteiger charge is 2.12. The van der Waals surface area contributed by atoms with E-state index in [1.807, 2.05) is 12.1 Å². The van der Waals surface area contributed by atoms with Crippen molar-refractivity contribution in [3.8, 4) is 0 Å². The first kappa shape index (κ1) is 15.7. The van der Waals surface area contributed by atoms with E-state index in [2.05, 4.69) is 25.8 Å². The molecule has 1 atom stereocenters. The van der Waals surface area contributed by atoms with E-state index in [9.17, 15) is 4.79 Å². The van der Waals surface area contributed by atoms with Gasteiger partial charge in [0, 0.05) is 12.6 Å². The maximum absolute atomic E-state index is 10.8. The predicted octanol–water partition coefficient (Wildman–Crippen LogP) is 3.79. The first-order valence-electron chi connectivity index (χ1n) is 7.11. The maximum Gasteiger partial charge on any atom is 0.335 e. The molecule has 0 aliphatic heterocycles.